The number of likely N-dealkylation sites (N-methyl/N-ethyl adjacent to an activating group) is 1. The van der Waals surface area contributed by atoms with Gasteiger partial charge < -0.3 is 5.73 Å². The molecule has 21 heavy (non-hydrogen) atoms. The molecule has 2 unspecified atom stereocenters. The molecule has 0 aromatic heterocycles. The Morgan fingerprint density at radius 2 is 1.71 bits per heavy atom. The highest BCUT2D eigenvalue weighted by molar-refractivity contribution is 4.99. The van der Waals surface area contributed by atoms with Crippen molar-refractivity contribution >= 4 is 0 Å². The minimum absolute atomic E-state index is 0.281. The Hall–Kier alpha value is -0.0800. The maximum atomic E-state index is 6.29. The van der Waals surface area contributed by atoms with Crippen molar-refractivity contribution in [3.8, 4) is 0 Å². The maximum absolute atomic E-state index is 6.29. The molecule has 2 saturated carbocycles. The van der Waals surface area contributed by atoms with Gasteiger partial charge in [0, 0.05) is 18.1 Å². The molecule has 2 aliphatic rings. The van der Waals surface area contributed by atoms with Crippen LogP contribution < -0.4 is 5.73 Å². The Bertz CT molecular complexity index is 323. The quantitative estimate of drug-likeness (QED) is 0.834. The van der Waals surface area contributed by atoms with E-state index in [1.165, 1.54) is 51.4 Å². The number of nitrogens with zero attached hydrogens (tertiary/aromatic N) is 1. The lowest BCUT2D eigenvalue weighted by Gasteiger charge is -2.52. The van der Waals surface area contributed by atoms with Gasteiger partial charge in [0.1, 0.15) is 0 Å². The maximum Gasteiger partial charge on any atom is 0.0331 e. The summed E-state index contributed by atoms with van der Waals surface area (Å²) in [5.41, 5.74) is 7.03. The molecular weight excluding hydrogens is 256 g/mol. The highest BCUT2D eigenvalue weighted by Gasteiger charge is 2.42. The van der Waals surface area contributed by atoms with Gasteiger partial charge in [-0.2, -0.15) is 0 Å². The fourth-order valence-electron chi connectivity index (χ4n) is 4.86. The average Bonchev–Trinajstić information content (AvgIpc) is 2.45. The topological polar surface area (TPSA) is 29.3 Å². The van der Waals surface area contributed by atoms with E-state index in [0.29, 0.717) is 5.41 Å². The van der Waals surface area contributed by atoms with Crippen LogP contribution in [0.25, 0.3) is 0 Å². The van der Waals surface area contributed by atoms with Gasteiger partial charge in [-0.15, -0.1) is 0 Å². The second-order valence-electron chi connectivity index (χ2n) is 9.11. The summed E-state index contributed by atoms with van der Waals surface area (Å²) in [5, 5.41) is 0. The molecule has 0 saturated heterocycles. The fourth-order valence-corrected chi connectivity index (χ4v) is 4.86. The predicted molar refractivity (Wildman–Crippen MR) is 92.4 cm³/mol. The van der Waals surface area contributed by atoms with Crippen LogP contribution in [0.4, 0.5) is 0 Å². The van der Waals surface area contributed by atoms with E-state index in [-0.39, 0.29) is 5.54 Å². The first-order valence-electron chi connectivity index (χ1n) is 9.21. The zero-order chi connectivity index (χ0) is 15.7. The molecule has 2 atom stereocenters. The van der Waals surface area contributed by atoms with Crippen molar-refractivity contribution in [1.82, 2.24) is 4.90 Å². The van der Waals surface area contributed by atoms with Crippen LogP contribution in [-0.2, 0) is 0 Å². The predicted octanol–water partition coefficient (Wildman–Crippen LogP) is 4.43. The zero-order valence-electron chi connectivity index (χ0n) is 15.1. The molecule has 0 radical (unpaired) electrons. The minimum Gasteiger partial charge on any atom is -0.329 e. The van der Waals surface area contributed by atoms with E-state index in [0.717, 1.165) is 24.4 Å². The second kappa shape index (κ2) is 6.58. The lowest BCUT2D eigenvalue weighted by atomic mass is 9.66. The first kappa shape index (κ1) is 17.3. The van der Waals surface area contributed by atoms with Crippen molar-refractivity contribution in [2.24, 2.45) is 23.0 Å². The van der Waals surface area contributed by atoms with Crippen molar-refractivity contribution < 1.29 is 0 Å². The van der Waals surface area contributed by atoms with Gasteiger partial charge in [-0.25, -0.2) is 0 Å². The van der Waals surface area contributed by atoms with Gasteiger partial charge in [-0.05, 0) is 62.8 Å². The van der Waals surface area contributed by atoms with Crippen LogP contribution in [0.15, 0.2) is 0 Å². The summed E-state index contributed by atoms with van der Waals surface area (Å²) in [6.07, 6.45) is 10.9. The molecule has 2 heteroatoms. The van der Waals surface area contributed by atoms with Crippen molar-refractivity contribution in [2.45, 2.75) is 90.6 Å². The van der Waals surface area contributed by atoms with E-state index in [2.05, 4.69) is 39.6 Å². The molecule has 0 amide bonds. The molecule has 0 aromatic rings. The molecule has 2 nitrogen and oxygen atoms in total. The molecule has 2 aliphatic carbocycles. The summed E-state index contributed by atoms with van der Waals surface area (Å²) >= 11 is 0. The van der Waals surface area contributed by atoms with Crippen LogP contribution in [-0.4, -0.2) is 30.1 Å². The summed E-state index contributed by atoms with van der Waals surface area (Å²) in [4.78, 5) is 2.71. The Kier molecular flexibility index (Phi) is 5.41. The Labute approximate surface area is 132 Å². The summed E-state index contributed by atoms with van der Waals surface area (Å²) in [6.45, 7) is 10.5. The van der Waals surface area contributed by atoms with Crippen molar-refractivity contribution in [3.63, 3.8) is 0 Å². The van der Waals surface area contributed by atoms with Crippen LogP contribution in [0.2, 0.25) is 0 Å². The standard InChI is InChI=1S/C19H38N2/c1-15-7-6-8-17(13-15)21(5)19(14-20)11-9-16(10-12-19)18(2,3)4/h15-17H,6-14,20H2,1-5H3. The molecular formula is C19H38N2. The smallest absolute Gasteiger partial charge is 0.0331 e. The average molecular weight is 295 g/mol. The zero-order valence-corrected chi connectivity index (χ0v) is 15.1. The van der Waals surface area contributed by atoms with Crippen molar-refractivity contribution in [3.05, 3.63) is 0 Å². The largest absolute Gasteiger partial charge is 0.329 e. The molecule has 2 N–H and O–H groups in total. The molecule has 0 heterocycles. The SMILES string of the molecule is CC1CCCC(N(C)C2(CN)CCC(C(C)(C)C)CC2)C1. The third-order valence-corrected chi connectivity index (χ3v) is 6.73. The number of nitrogens with two attached hydrogens (primary N) is 1. The Balaban J connectivity index is 2.02. The third kappa shape index (κ3) is 3.82. The van der Waals surface area contributed by atoms with Crippen LogP contribution in [0.5, 0.6) is 0 Å². The molecule has 0 aromatic carbocycles. The van der Waals surface area contributed by atoms with Crippen LogP contribution in [0.1, 0.15) is 79.1 Å². The summed E-state index contributed by atoms with van der Waals surface area (Å²) in [6, 6.07) is 0.767. The van der Waals surface area contributed by atoms with Crippen LogP contribution in [0.3, 0.4) is 0 Å². The highest BCUT2D eigenvalue weighted by atomic mass is 15.2. The van der Waals surface area contributed by atoms with E-state index >= 15 is 0 Å². The van der Waals surface area contributed by atoms with E-state index in [1.54, 1.807) is 0 Å². The second-order valence-corrected chi connectivity index (χ2v) is 9.11. The Morgan fingerprint density at radius 1 is 1.10 bits per heavy atom. The number of rotatable bonds is 3. The molecule has 0 aliphatic heterocycles. The van der Waals surface area contributed by atoms with Gasteiger partial charge in [-0.1, -0.05) is 40.5 Å². The molecule has 124 valence electrons. The van der Waals surface area contributed by atoms with E-state index in [9.17, 15) is 0 Å². The van der Waals surface area contributed by atoms with Crippen LogP contribution in [0, 0.1) is 17.3 Å². The monoisotopic (exact) mass is 294 g/mol. The van der Waals surface area contributed by atoms with Gasteiger partial charge in [0.2, 0.25) is 0 Å². The summed E-state index contributed by atoms with van der Waals surface area (Å²) in [5.74, 6) is 1.77. The van der Waals surface area contributed by atoms with Crippen molar-refractivity contribution in [2.75, 3.05) is 13.6 Å². The summed E-state index contributed by atoms with van der Waals surface area (Å²) < 4.78 is 0. The molecule has 0 spiro atoms. The van der Waals surface area contributed by atoms with Gasteiger partial charge in [-0.3, -0.25) is 4.90 Å². The number of hydrogen-bond acceptors (Lipinski definition) is 2. The van der Waals surface area contributed by atoms with Gasteiger partial charge in [0.25, 0.3) is 0 Å². The van der Waals surface area contributed by atoms with E-state index in [1.807, 2.05) is 0 Å². The number of hydrogen-bond donors (Lipinski definition) is 1. The van der Waals surface area contributed by atoms with Gasteiger partial charge in [0.15, 0.2) is 0 Å². The van der Waals surface area contributed by atoms with Gasteiger partial charge >= 0.3 is 0 Å². The normalized spacial score (nSPS) is 38.7. The first-order valence-corrected chi connectivity index (χ1v) is 9.21. The third-order valence-electron chi connectivity index (χ3n) is 6.73. The van der Waals surface area contributed by atoms with E-state index in [4.69, 9.17) is 5.73 Å². The summed E-state index contributed by atoms with van der Waals surface area (Å²) in [7, 11) is 2.37. The minimum atomic E-state index is 0.281. The lowest BCUT2D eigenvalue weighted by Crippen LogP contribution is -2.58. The molecule has 2 rings (SSSR count). The highest BCUT2D eigenvalue weighted by Crippen LogP contribution is 2.44. The first-order chi connectivity index (χ1) is 9.78. The van der Waals surface area contributed by atoms with E-state index < -0.39 is 0 Å². The lowest BCUT2D eigenvalue weighted by molar-refractivity contribution is -0.00389. The fraction of sp³-hybridized carbons (Fsp3) is 1.00. The Morgan fingerprint density at radius 3 is 2.19 bits per heavy atom. The molecule has 0 bridgehead atoms. The van der Waals surface area contributed by atoms with Crippen molar-refractivity contribution in [1.29, 1.82) is 0 Å². The van der Waals surface area contributed by atoms with Crippen LogP contribution >= 0.6 is 0 Å². The van der Waals surface area contributed by atoms with Gasteiger partial charge in [0.05, 0.1) is 0 Å². The molecule has 2 fully saturated rings.